The van der Waals surface area contributed by atoms with E-state index in [0.717, 1.165) is 4.90 Å². The highest BCUT2D eigenvalue weighted by molar-refractivity contribution is 6.39. The van der Waals surface area contributed by atoms with E-state index in [1.54, 1.807) is 60.7 Å². The number of hydrogen-bond acceptors (Lipinski definition) is 5. The Morgan fingerprint density at radius 2 is 1.66 bits per heavy atom. The number of urea groups is 1. The van der Waals surface area contributed by atoms with Crippen molar-refractivity contribution < 1.29 is 23.9 Å². The van der Waals surface area contributed by atoms with Crippen molar-refractivity contribution >= 4 is 64.4 Å². The van der Waals surface area contributed by atoms with Crippen LogP contribution >= 0.6 is 23.2 Å². The van der Waals surface area contributed by atoms with Crippen LogP contribution in [-0.4, -0.2) is 30.4 Å². The zero-order chi connectivity index (χ0) is 24.9. The Morgan fingerprint density at radius 3 is 2.37 bits per heavy atom. The molecule has 1 fully saturated rings. The molecule has 1 aliphatic heterocycles. The van der Waals surface area contributed by atoms with E-state index in [4.69, 9.17) is 27.9 Å². The number of rotatable bonds is 6. The summed E-state index contributed by atoms with van der Waals surface area (Å²) in [5, 5.41) is 5.34. The highest BCUT2D eigenvalue weighted by atomic mass is 35.5. The van der Waals surface area contributed by atoms with Gasteiger partial charge in [0.2, 0.25) is 0 Å². The summed E-state index contributed by atoms with van der Waals surface area (Å²) in [6.45, 7) is -0.319. The molecule has 3 aromatic rings. The fraction of sp³-hybridized carbons (Fsp3) is 0.0400. The summed E-state index contributed by atoms with van der Waals surface area (Å²) in [6.07, 6.45) is 1.32. The number of amides is 5. The van der Waals surface area contributed by atoms with Gasteiger partial charge in [-0.1, -0.05) is 59.6 Å². The van der Waals surface area contributed by atoms with Crippen molar-refractivity contribution in [3.8, 4) is 5.75 Å². The van der Waals surface area contributed by atoms with E-state index in [1.807, 2.05) is 0 Å². The first-order chi connectivity index (χ1) is 16.8. The maximum absolute atomic E-state index is 12.9. The molecule has 0 unspecified atom stereocenters. The van der Waals surface area contributed by atoms with E-state index in [0.29, 0.717) is 22.0 Å². The van der Waals surface area contributed by atoms with Crippen molar-refractivity contribution in [2.75, 3.05) is 16.8 Å². The molecular formula is C25H17Cl2N3O5. The predicted molar refractivity (Wildman–Crippen MR) is 132 cm³/mol. The summed E-state index contributed by atoms with van der Waals surface area (Å²) in [5.41, 5.74) is 0.959. The number of carbonyl (C=O) groups excluding carboxylic acids is 4. The summed E-state index contributed by atoms with van der Waals surface area (Å²) >= 11 is 12.3. The maximum atomic E-state index is 12.9. The zero-order valence-corrected chi connectivity index (χ0v) is 19.5. The molecule has 1 aliphatic rings. The lowest BCUT2D eigenvalue weighted by molar-refractivity contribution is -0.122. The number of barbiturate groups is 1. The fourth-order valence-electron chi connectivity index (χ4n) is 3.25. The normalized spacial score (nSPS) is 14.6. The Balaban J connectivity index is 1.47. The van der Waals surface area contributed by atoms with Crippen molar-refractivity contribution in [2.45, 2.75) is 0 Å². The van der Waals surface area contributed by atoms with E-state index in [-0.39, 0.29) is 23.0 Å². The minimum absolute atomic E-state index is 0.157. The van der Waals surface area contributed by atoms with E-state index in [2.05, 4.69) is 10.6 Å². The second-order valence-corrected chi connectivity index (χ2v) is 8.11. The van der Waals surface area contributed by atoms with Gasteiger partial charge in [-0.25, -0.2) is 9.69 Å². The lowest BCUT2D eigenvalue weighted by Gasteiger charge is -2.26. The van der Waals surface area contributed by atoms with Gasteiger partial charge in [0.05, 0.1) is 21.4 Å². The molecule has 0 saturated carbocycles. The molecule has 3 aromatic carbocycles. The van der Waals surface area contributed by atoms with Gasteiger partial charge in [0.1, 0.15) is 11.3 Å². The highest BCUT2D eigenvalue weighted by Crippen LogP contribution is 2.28. The molecule has 4 rings (SSSR count). The zero-order valence-electron chi connectivity index (χ0n) is 18.0. The van der Waals surface area contributed by atoms with Crippen LogP contribution in [0.15, 0.2) is 78.4 Å². The first-order valence-electron chi connectivity index (χ1n) is 10.3. The van der Waals surface area contributed by atoms with Gasteiger partial charge in [-0.15, -0.1) is 0 Å². The largest absolute Gasteiger partial charge is 0.482 e. The summed E-state index contributed by atoms with van der Waals surface area (Å²) < 4.78 is 5.48. The van der Waals surface area contributed by atoms with Crippen LogP contribution < -0.4 is 20.3 Å². The van der Waals surface area contributed by atoms with Gasteiger partial charge in [0.25, 0.3) is 17.7 Å². The van der Waals surface area contributed by atoms with E-state index < -0.39 is 23.8 Å². The summed E-state index contributed by atoms with van der Waals surface area (Å²) in [4.78, 5) is 50.5. The lowest BCUT2D eigenvalue weighted by Crippen LogP contribution is -2.54. The average Bonchev–Trinajstić information content (AvgIpc) is 2.83. The van der Waals surface area contributed by atoms with Crippen LogP contribution in [0, 0.1) is 0 Å². The van der Waals surface area contributed by atoms with E-state index in [9.17, 15) is 19.2 Å². The summed E-state index contributed by atoms with van der Waals surface area (Å²) in [7, 11) is 0. The molecule has 176 valence electrons. The molecule has 1 saturated heterocycles. The van der Waals surface area contributed by atoms with Crippen LogP contribution in [0.5, 0.6) is 5.75 Å². The van der Waals surface area contributed by atoms with E-state index in [1.165, 1.54) is 18.2 Å². The quantitative estimate of drug-likeness (QED) is 0.370. The number of para-hydroxylation sites is 2. The standard InChI is InChI=1S/C25H17Cl2N3O5/c26-18-8-4-5-9-20(18)28-22(31)14-35-21-11-10-15(13-19(21)27)12-17-23(32)29-25(34)30(24(17)33)16-6-2-1-3-7-16/h1-13H,14H2,(H,28,31)(H,29,32,34)/b17-12-. The molecule has 0 spiro atoms. The van der Waals surface area contributed by atoms with Crippen LogP contribution in [0.2, 0.25) is 10.0 Å². The van der Waals surface area contributed by atoms with Gasteiger partial charge in [-0.3, -0.25) is 19.7 Å². The smallest absolute Gasteiger partial charge is 0.335 e. The molecule has 5 amide bonds. The molecule has 0 bridgehead atoms. The number of ether oxygens (including phenoxy) is 1. The fourth-order valence-corrected chi connectivity index (χ4v) is 3.68. The third-order valence-corrected chi connectivity index (χ3v) is 5.51. The molecule has 0 aromatic heterocycles. The van der Waals surface area contributed by atoms with Gasteiger partial charge < -0.3 is 10.1 Å². The Hall–Kier alpha value is -4.14. The molecule has 10 heteroatoms. The highest BCUT2D eigenvalue weighted by Gasteiger charge is 2.36. The minimum Gasteiger partial charge on any atom is -0.482 e. The number of benzene rings is 3. The van der Waals surface area contributed by atoms with Crippen LogP contribution in [0.1, 0.15) is 5.56 Å². The number of hydrogen-bond donors (Lipinski definition) is 2. The van der Waals surface area contributed by atoms with Gasteiger partial charge in [0.15, 0.2) is 6.61 Å². The molecule has 0 radical (unpaired) electrons. The summed E-state index contributed by atoms with van der Waals surface area (Å²) in [5.74, 6) is -1.79. The minimum atomic E-state index is -0.833. The van der Waals surface area contributed by atoms with Crippen LogP contribution in [0.3, 0.4) is 0 Å². The van der Waals surface area contributed by atoms with Gasteiger partial charge in [-0.05, 0) is 48.0 Å². The Bertz CT molecular complexity index is 1360. The molecule has 35 heavy (non-hydrogen) atoms. The lowest BCUT2D eigenvalue weighted by atomic mass is 10.1. The number of halogens is 2. The van der Waals surface area contributed by atoms with Gasteiger partial charge in [-0.2, -0.15) is 0 Å². The Kier molecular flexibility index (Phi) is 7.14. The maximum Gasteiger partial charge on any atom is 0.335 e. The molecule has 0 atom stereocenters. The first-order valence-corrected chi connectivity index (χ1v) is 11.0. The summed E-state index contributed by atoms with van der Waals surface area (Å²) in [6, 6.07) is 18.7. The third-order valence-electron chi connectivity index (χ3n) is 4.89. The molecule has 2 N–H and O–H groups in total. The molecular weight excluding hydrogens is 493 g/mol. The number of nitrogens with zero attached hydrogens (tertiary/aromatic N) is 1. The number of anilines is 2. The second kappa shape index (κ2) is 10.4. The third kappa shape index (κ3) is 5.51. The van der Waals surface area contributed by atoms with Gasteiger partial charge in [0, 0.05) is 0 Å². The number of carbonyl (C=O) groups is 4. The van der Waals surface area contributed by atoms with Crippen molar-refractivity contribution in [1.29, 1.82) is 0 Å². The predicted octanol–water partition coefficient (Wildman–Crippen LogP) is 4.68. The number of imide groups is 2. The van der Waals surface area contributed by atoms with Crippen LogP contribution in [-0.2, 0) is 14.4 Å². The van der Waals surface area contributed by atoms with Crippen molar-refractivity contribution in [2.24, 2.45) is 0 Å². The Labute approximate surface area is 210 Å². The van der Waals surface area contributed by atoms with E-state index >= 15 is 0 Å². The van der Waals surface area contributed by atoms with Gasteiger partial charge >= 0.3 is 6.03 Å². The first kappa shape index (κ1) is 24.0. The molecule has 1 heterocycles. The Morgan fingerprint density at radius 1 is 0.943 bits per heavy atom. The monoisotopic (exact) mass is 509 g/mol. The van der Waals surface area contributed by atoms with Crippen molar-refractivity contribution in [1.82, 2.24) is 5.32 Å². The SMILES string of the molecule is O=C(COc1ccc(/C=C2/C(=O)NC(=O)N(c3ccccc3)C2=O)cc1Cl)Nc1ccccc1Cl. The topological polar surface area (TPSA) is 105 Å². The molecule has 0 aliphatic carbocycles. The van der Waals surface area contributed by atoms with Crippen LogP contribution in [0.25, 0.3) is 6.08 Å². The average molecular weight is 510 g/mol. The van der Waals surface area contributed by atoms with Crippen molar-refractivity contribution in [3.63, 3.8) is 0 Å². The number of nitrogens with one attached hydrogen (secondary N) is 2. The molecule has 8 nitrogen and oxygen atoms in total. The van der Waals surface area contributed by atoms with Crippen LogP contribution in [0.4, 0.5) is 16.2 Å². The van der Waals surface area contributed by atoms with Crippen molar-refractivity contribution in [3.05, 3.63) is 94.0 Å². The second-order valence-electron chi connectivity index (χ2n) is 7.30.